The van der Waals surface area contributed by atoms with Crippen LogP contribution in [0.2, 0.25) is 0 Å². The van der Waals surface area contributed by atoms with Crippen molar-refractivity contribution >= 4 is 5.97 Å². The molecule has 0 radical (unpaired) electrons. The number of hydrogen-bond acceptors (Lipinski definition) is 2. The van der Waals surface area contributed by atoms with Gasteiger partial charge in [-0.1, -0.05) is 6.92 Å². The Hall–Kier alpha value is -0.570. The fourth-order valence-electron chi connectivity index (χ4n) is 1.27. The lowest BCUT2D eigenvalue weighted by Crippen LogP contribution is -2.23. The highest BCUT2D eigenvalue weighted by Crippen LogP contribution is 2.41. The molecule has 3 atom stereocenters. The fourth-order valence-corrected chi connectivity index (χ4v) is 1.27. The van der Waals surface area contributed by atoms with Crippen LogP contribution in [0.25, 0.3) is 0 Å². The summed E-state index contributed by atoms with van der Waals surface area (Å²) in [6.45, 7) is 1.99. The minimum atomic E-state index is -0.686. The van der Waals surface area contributed by atoms with Crippen LogP contribution in [0.1, 0.15) is 19.8 Å². The van der Waals surface area contributed by atoms with Crippen molar-refractivity contribution in [1.29, 1.82) is 0 Å². The summed E-state index contributed by atoms with van der Waals surface area (Å²) in [6.07, 6.45) is 1.67. The van der Waals surface area contributed by atoms with Gasteiger partial charge in [0.15, 0.2) is 0 Å². The molecule has 1 aliphatic carbocycles. The predicted molar refractivity (Wildman–Crippen MR) is 37.5 cm³/mol. The van der Waals surface area contributed by atoms with Gasteiger partial charge in [-0.25, -0.2) is 0 Å². The molecular formula is C7H13NO2. The highest BCUT2D eigenvalue weighted by molar-refractivity contribution is 5.73. The minimum Gasteiger partial charge on any atom is -0.481 e. The maximum atomic E-state index is 10.3. The molecule has 0 heterocycles. The van der Waals surface area contributed by atoms with E-state index in [1.165, 1.54) is 0 Å². The van der Waals surface area contributed by atoms with Gasteiger partial charge in [0.25, 0.3) is 0 Å². The first-order valence-corrected chi connectivity index (χ1v) is 3.65. The monoisotopic (exact) mass is 143 g/mol. The van der Waals surface area contributed by atoms with Crippen LogP contribution in [0.3, 0.4) is 0 Å². The average Bonchev–Trinajstić information content (AvgIpc) is 2.64. The van der Waals surface area contributed by atoms with Crippen LogP contribution in [0.15, 0.2) is 0 Å². The molecule has 1 fully saturated rings. The van der Waals surface area contributed by atoms with Crippen LogP contribution in [0.4, 0.5) is 0 Å². The summed E-state index contributed by atoms with van der Waals surface area (Å²) in [5.74, 6) is -0.577. The molecule has 0 aromatic heterocycles. The summed E-state index contributed by atoms with van der Waals surface area (Å²) >= 11 is 0. The molecule has 1 saturated carbocycles. The van der Waals surface area contributed by atoms with Gasteiger partial charge in [0.1, 0.15) is 0 Å². The van der Waals surface area contributed by atoms with E-state index in [1.807, 2.05) is 6.92 Å². The Kier molecular flexibility index (Phi) is 1.94. The van der Waals surface area contributed by atoms with Crippen LogP contribution < -0.4 is 5.73 Å². The Morgan fingerprint density at radius 1 is 1.90 bits per heavy atom. The SMILES string of the molecule is CCC(N)C1CC1C(=O)O. The van der Waals surface area contributed by atoms with Crippen LogP contribution in [-0.4, -0.2) is 17.1 Å². The van der Waals surface area contributed by atoms with Crippen molar-refractivity contribution in [3.8, 4) is 0 Å². The molecule has 3 heteroatoms. The second kappa shape index (κ2) is 2.58. The second-order valence-electron chi connectivity index (χ2n) is 2.92. The van der Waals surface area contributed by atoms with E-state index < -0.39 is 5.97 Å². The van der Waals surface area contributed by atoms with Gasteiger partial charge >= 0.3 is 5.97 Å². The minimum absolute atomic E-state index is 0.0982. The third-order valence-electron chi connectivity index (χ3n) is 2.18. The van der Waals surface area contributed by atoms with E-state index in [0.717, 1.165) is 12.8 Å². The van der Waals surface area contributed by atoms with Crippen molar-refractivity contribution in [3.63, 3.8) is 0 Å². The second-order valence-corrected chi connectivity index (χ2v) is 2.92. The number of hydrogen-bond donors (Lipinski definition) is 2. The summed E-state index contributed by atoms with van der Waals surface area (Å²) in [4.78, 5) is 10.3. The summed E-state index contributed by atoms with van der Waals surface area (Å²) in [6, 6.07) is 0.0982. The number of carboxylic acids is 1. The number of rotatable bonds is 3. The number of aliphatic carboxylic acids is 1. The number of carboxylic acid groups (broad SMARTS) is 1. The molecule has 0 amide bonds. The third-order valence-corrected chi connectivity index (χ3v) is 2.18. The van der Waals surface area contributed by atoms with Crippen LogP contribution in [0, 0.1) is 11.8 Å². The lowest BCUT2D eigenvalue weighted by atomic mass is 10.1. The lowest BCUT2D eigenvalue weighted by molar-refractivity contribution is -0.138. The van der Waals surface area contributed by atoms with Gasteiger partial charge < -0.3 is 10.8 Å². The molecule has 1 rings (SSSR count). The summed E-state index contributed by atoms with van der Waals surface area (Å²) in [5.41, 5.74) is 5.64. The standard InChI is InChI=1S/C7H13NO2/c1-2-6(8)4-3-5(4)7(9)10/h4-6H,2-3,8H2,1H3,(H,9,10). The molecule has 0 saturated heterocycles. The van der Waals surface area contributed by atoms with Gasteiger partial charge in [-0.3, -0.25) is 4.79 Å². The maximum Gasteiger partial charge on any atom is 0.306 e. The number of nitrogens with two attached hydrogens (primary N) is 1. The molecule has 1 aliphatic rings. The van der Waals surface area contributed by atoms with Gasteiger partial charge in [-0.05, 0) is 18.8 Å². The first-order valence-electron chi connectivity index (χ1n) is 3.65. The van der Waals surface area contributed by atoms with Crippen molar-refractivity contribution < 1.29 is 9.90 Å². The highest BCUT2D eigenvalue weighted by atomic mass is 16.4. The zero-order chi connectivity index (χ0) is 7.72. The van der Waals surface area contributed by atoms with Crippen molar-refractivity contribution in [2.75, 3.05) is 0 Å². The van der Waals surface area contributed by atoms with Gasteiger partial charge in [-0.2, -0.15) is 0 Å². The molecule has 0 aliphatic heterocycles. The molecule has 0 spiro atoms. The summed E-state index contributed by atoms with van der Waals surface area (Å²) < 4.78 is 0. The normalized spacial score (nSPS) is 33.4. The Morgan fingerprint density at radius 2 is 2.50 bits per heavy atom. The van der Waals surface area contributed by atoms with Gasteiger partial charge in [0, 0.05) is 6.04 Å². The zero-order valence-electron chi connectivity index (χ0n) is 6.08. The first kappa shape index (κ1) is 7.54. The van der Waals surface area contributed by atoms with Crippen molar-refractivity contribution in [2.24, 2.45) is 17.6 Å². The van der Waals surface area contributed by atoms with E-state index in [2.05, 4.69) is 0 Å². The van der Waals surface area contributed by atoms with Gasteiger partial charge in [0.2, 0.25) is 0 Å². The van der Waals surface area contributed by atoms with Crippen LogP contribution >= 0.6 is 0 Å². The fraction of sp³-hybridized carbons (Fsp3) is 0.857. The topological polar surface area (TPSA) is 63.3 Å². The Labute approximate surface area is 60.2 Å². The molecule has 3 N–H and O–H groups in total. The highest BCUT2D eigenvalue weighted by Gasteiger charge is 2.45. The summed E-state index contributed by atoms with van der Waals surface area (Å²) in [5, 5.41) is 8.51. The van der Waals surface area contributed by atoms with Gasteiger partial charge in [0.05, 0.1) is 5.92 Å². The van der Waals surface area contributed by atoms with Crippen molar-refractivity contribution in [2.45, 2.75) is 25.8 Å². The molecule has 10 heavy (non-hydrogen) atoms. The maximum absolute atomic E-state index is 10.3. The molecular weight excluding hydrogens is 130 g/mol. The molecule has 0 aromatic carbocycles. The van der Waals surface area contributed by atoms with E-state index >= 15 is 0 Å². The summed E-state index contributed by atoms with van der Waals surface area (Å²) in [7, 11) is 0. The smallest absolute Gasteiger partial charge is 0.306 e. The third kappa shape index (κ3) is 1.29. The van der Waals surface area contributed by atoms with E-state index in [9.17, 15) is 4.79 Å². The van der Waals surface area contributed by atoms with E-state index in [1.54, 1.807) is 0 Å². The van der Waals surface area contributed by atoms with Crippen molar-refractivity contribution in [3.05, 3.63) is 0 Å². The van der Waals surface area contributed by atoms with Crippen LogP contribution in [-0.2, 0) is 4.79 Å². The average molecular weight is 143 g/mol. The van der Waals surface area contributed by atoms with E-state index in [0.29, 0.717) is 0 Å². The Bertz CT molecular complexity index is 147. The van der Waals surface area contributed by atoms with Crippen molar-refractivity contribution in [1.82, 2.24) is 0 Å². The molecule has 58 valence electrons. The molecule has 0 bridgehead atoms. The van der Waals surface area contributed by atoms with Gasteiger partial charge in [-0.15, -0.1) is 0 Å². The molecule has 0 aromatic rings. The first-order chi connectivity index (χ1) is 4.66. The predicted octanol–water partition coefficient (Wildman–Crippen LogP) is 0.444. The van der Waals surface area contributed by atoms with E-state index in [-0.39, 0.29) is 17.9 Å². The quantitative estimate of drug-likeness (QED) is 0.602. The Morgan fingerprint density at radius 3 is 2.80 bits per heavy atom. The largest absolute Gasteiger partial charge is 0.481 e. The van der Waals surface area contributed by atoms with E-state index in [4.69, 9.17) is 10.8 Å². The molecule has 3 unspecified atom stereocenters. The van der Waals surface area contributed by atoms with Crippen LogP contribution in [0.5, 0.6) is 0 Å². The number of carbonyl (C=O) groups is 1. The lowest BCUT2D eigenvalue weighted by Gasteiger charge is -2.04. The Balaban J connectivity index is 2.31. The molecule has 3 nitrogen and oxygen atoms in total. The zero-order valence-corrected chi connectivity index (χ0v) is 6.08.